The zero-order valence-corrected chi connectivity index (χ0v) is 14.5. The predicted octanol–water partition coefficient (Wildman–Crippen LogP) is 3.13. The molecule has 3 aromatic rings. The summed E-state index contributed by atoms with van der Waals surface area (Å²) in [6.07, 6.45) is 1.50. The van der Waals surface area contributed by atoms with Gasteiger partial charge in [-0.1, -0.05) is 12.1 Å². The van der Waals surface area contributed by atoms with Crippen LogP contribution in [0.3, 0.4) is 0 Å². The van der Waals surface area contributed by atoms with Gasteiger partial charge in [-0.2, -0.15) is 5.10 Å². The normalized spacial score (nSPS) is 16.1. The molecule has 1 saturated heterocycles. The minimum Gasteiger partial charge on any atom is -0.442 e. The maximum Gasteiger partial charge on any atom is 0.407 e. The molecule has 0 spiro atoms. The van der Waals surface area contributed by atoms with E-state index < -0.39 is 12.5 Å². The Bertz CT molecular complexity index is 993. The molecule has 0 bridgehead atoms. The first-order chi connectivity index (χ1) is 13.6. The first kappa shape index (κ1) is 17.8. The molecule has 1 amide bonds. The minimum absolute atomic E-state index is 0.0983. The Balaban J connectivity index is 1.48. The molecular weight excluding hydrogens is 370 g/mol. The fourth-order valence-electron chi connectivity index (χ4n) is 2.81. The summed E-state index contributed by atoms with van der Waals surface area (Å²) >= 11 is 0. The molecule has 4 rings (SSSR count). The van der Waals surface area contributed by atoms with E-state index in [1.807, 2.05) is 24.4 Å². The van der Waals surface area contributed by atoms with E-state index in [1.54, 1.807) is 16.9 Å². The third-order valence-corrected chi connectivity index (χ3v) is 4.12. The number of carbonyl (C=O) groups is 1. The number of rotatable bonds is 6. The van der Waals surface area contributed by atoms with Gasteiger partial charge in [-0.25, -0.2) is 23.5 Å². The van der Waals surface area contributed by atoms with E-state index >= 15 is 0 Å². The van der Waals surface area contributed by atoms with E-state index in [4.69, 9.17) is 4.74 Å². The highest BCUT2D eigenvalue weighted by atomic mass is 19.3. The number of alkyl halides is 2. The third kappa shape index (κ3) is 4.05. The maximum atomic E-state index is 12.8. The zero-order valence-electron chi connectivity index (χ0n) is 14.5. The van der Waals surface area contributed by atoms with Crippen molar-refractivity contribution in [1.82, 2.24) is 25.1 Å². The van der Waals surface area contributed by atoms with Gasteiger partial charge >= 0.3 is 6.09 Å². The second kappa shape index (κ2) is 7.59. The number of hydrogen-bond donors (Lipinski definition) is 2. The molecule has 2 aromatic heterocycles. The SMILES string of the molecule is O=C1NCC(Cn2cc(-c3cccc(Nc4nccc(C(F)F)n4)c3)cn2)O1. The van der Waals surface area contributed by atoms with E-state index in [1.165, 1.54) is 12.3 Å². The summed E-state index contributed by atoms with van der Waals surface area (Å²) in [4.78, 5) is 18.9. The van der Waals surface area contributed by atoms with Gasteiger partial charge in [-0.15, -0.1) is 0 Å². The Morgan fingerprint density at radius 3 is 3.00 bits per heavy atom. The molecule has 1 aromatic carbocycles. The number of alkyl carbamates (subject to hydrolysis) is 1. The summed E-state index contributed by atoms with van der Waals surface area (Å²) in [7, 11) is 0. The summed E-state index contributed by atoms with van der Waals surface area (Å²) < 4.78 is 32.4. The van der Waals surface area contributed by atoms with Gasteiger partial charge in [0.05, 0.1) is 19.3 Å². The summed E-state index contributed by atoms with van der Waals surface area (Å²) in [6.45, 7) is 0.899. The third-order valence-electron chi connectivity index (χ3n) is 4.12. The molecule has 0 saturated carbocycles. The van der Waals surface area contributed by atoms with E-state index in [0.717, 1.165) is 11.1 Å². The van der Waals surface area contributed by atoms with Crippen LogP contribution in [0.15, 0.2) is 48.9 Å². The molecule has 1 fully saturated rings. The predicted molar refractivity (Wildman–Crippen MR) is 96.2 cm³/mol. The van der Waals surface area contributed by atoms with Crippen LogP contribution >= 0.6 is 0 Å². The number of anilines is 2. The largest absolute Gasteiger partial charge is 0.442 e. The van der Waals surface area contributed by atoms with Gasteiger partial charge in [0.15, 0.2) is 0 Å². The lowest BCUT2D eigenvalue weighted by Gasteiger charge is -2.08. The van der Waals surface area contributed by atoms with Gasteiger partial charge in [-0.3, -0.25) is 4.68 Å². The standard InChI is InChI=1S/C18H16F2N6O2/c19-16(20)15-4-5-21-17(25-15)24-13-3-1-2-11(6-13)12-7-23-26(9-12)10-14-8-22-18(27)28-14/h1-7,9,14,16H,8,10H2,(H,22,27)(H,21,24,25). The smallest absolute Gasteiger partial charge is 0.407 e. The fourth-order valence-corrected chi connectivity index (χ4v) is 2.81. The fraction of sp³-hybridized carbons (Fsp3) is 0.222. The summed E-state index contributed by atoms with van der Waals surface area (Å²) in [5.74, 6) is 0.0983. The highest BCUT2D eigenvalue weighted by molar-refractivity contribution is 5.69. The second-order valence-electron chi connectivity index (χ2n) is 6.17. The minimum atomic E-state index is -2.66. The van der Waals surface area contributed by atoms with Crippen molar-refractivity contribution in [3.63, 3.8) is 0 Å². The van der Waals surface area contributed by atoms with Crippen LogP contribution < -0.4 is 10.6 Å². The molecule has 10 heteroatoms. The molecule has 28 heavy (non-hydrogen) atoms. The number of benzene rings is 1. The molecule has 0 aliphatic carbocycles. The van der Waals surface area contributed by atoms with Gasteiger partial charge in [0.2, 0.25) is 5.95 Å². The van der Waals surface area contributed by atoms with E-state index in [0.29, 0.717) is 18.8 Å². The van der Waals surface area contributed by atoms with Gasteiger partial charge < -0.3 is 15.4 Å². The quantitative estimate of drug-likeness (QED) is 0.676. The monoisotopic (exact) mass is 386 g/mol. The Hall–Kier alpha value is -3.56. The Morgan fingerprint density at radius 2 is 2.21 bits per heavy atom. The molecule has 2 N–H and O–H groups in total. The summed E-state index contributed by atoms with van der Waals surface area (Å²) in [5.41, 5.74) is 2.06. The van der Waals surface area contributed by atoms with Crippen LogP contribution in [-0.4, -0.2) is 38.5 Å². The van der Waals surface area contributed by atoms with Crippen LogP contribution in [0.25, 0.3) is 11.1 Å². The second-order valence-corrected chi connectivity index (χ2v) is 6.17. The molecule has 144 valence electrons. The van der Waals surface area contributed by atoms with Crippen LogP contribution in [0.1, 0.15) is 12.1 Å². The van der Waals surface area contributed by atoms with E-state index in [-0.39, 0.29) is 17.7 Å². The number of hydrogen-bond acceptors (Lipinski definition) is 6. The first-order valence-electron chi connectivity index (χ1n) is 8.52. The van der Waals surface area contributed by atoms with Crippen molar-refractivity contribution in [2.24, 2.45) is 0 Å². The van der Waals surface area contributed by atoms with Crippen molar-refractivity contribution in [2.45, 2.75) is 19.1 Å². The number of nitrogens with one attached hydrogen (secondary N) is 2. The summed E-state index contributed by atoms with van der Waals surface area (Å²) in [6, 6.07) is 8.54. The lowest BCUT2D eigenvalue weighted by Crippen LogP contribution is -2.20. The number of halogens is 2. The molecule has 1 aliphatic rings. The first-order valence-corrected chi connectivity index (χ1v) is 8.52. The van der Waals surface area contributed by atoms with Crippen molar-refractivity contribution in [3.05, 3.63) is 54.6 Å². The molecule has 8 nitrogen and oxygen atoms in total. The summed E-state index contributed by atoms with van der Waals surface area (Å²) in [5, 5.41) is 9.83. The Kier molecular flexibility index (Phi) is 4.83. The van der Waals surface area contributed by atoms with Crippen LogP contribution in [0.2, 0.25) is 0 Å². The van der Waals surface area contributed by atoms with Gasteiger partial charge in [-0.05, 0) is 23.8 Å². The average molecular weight is 386 g/mol. The lowest BCUT2D eigenvalue weighted by molar-refractivity contribution is 0.129. The van der Waals surface area contributed by atoms with Crippen LogP contribution in [-0.2, 0) is 11.3 Å². The van der Waals surface area contributed by atoms with Gasteiger partial charge in [0.25, 0.3) is 6.43 Å². The molecule has 3 heterocycles. The molecule has 0 radical (unpaired) electrons. The molecule has 1 aliphatic heterocycles. The van der Waals surface area contributed by atoms with Crippen molar-refractivity contribution in [2.75, 3.05) is 11.9 Å². The van der Waals surface area contributed by atoms with Crippen molar-refractivity contribution in [3.8, 4) is 11.1 Å². The zero-order chi connectivity index (χ0) is 19.5. The van der Waals surface area contributed by atoms with Crippen molar-refractivity contribution < 1.29 is 18.3 Å². The Labute approximate surface area is 158 Å². The Morgan fingerprint density at radius 1 is 1.32 bits per heavy atom. The average Bonchev–Trinajstić information content (AvgIpc) is 3.31. The lowest BCUT2D eigenvalue weighted by atomic mass is 10.1. The van der Waals surface area contributed by atoms with Crippen LogP contribution in [0.5, 0.6) is 0 Å². The number of carbonyl (C=O) groups excluding carboxylic acids is 1. The maximum absolute atomic E-state index is 12.8. The number of amides is 1. The van der Waals surface area contributed by atoms with Crippen LogP contribution in [0, 0.1) is 0 Å². The van der Waals surface area contributed by atoms with Crippen molar-refractivity contribution >= 4 is 17.7 Å². The topological polar surface area (TPSA) is 94.0 Å². The van der Waals surface area contributed by atoms with Crippen LogP contribution in [0.4, 0.5) is 25.2 Å². The molecule has 1 atom stereocenters. The van der Waals surface area contributed by atoms with E-state index in [9.17, 15) is 13.6 Å². The number of aromatic nitrogens is 4. The van der Waals surface area contributed by atoms with Crippen molar-refractivity contribution in [1.29, 1.82) is 0 Å². The number of ether oxygens (including phenoxy) is 1. The highest BCUT2D eigenvalue weighted by Gasteiger charge is 2.23. The number of nitrogens with zero attached hydrogens (tertiary/aromatic N) is 4. The highest BCUT2D eigenvalue weighted by Crippen LogP contribution is 2.24. The number of cyclic esters (lactones) is 1. The molecule has 1 unspecified atom stereocenters. The van der Waals surface area contributed by atoms with Gasteiger partial charge in [0.1, 0.15) is 11.8 Å². The van der Waals surface area contributed by atoms with Gasteiger partial charge in [0, 0.05) is 23.6 Å². The van der Waals surface area contributed by atoms with E-state index in [2.05, 4.69) is 25.7 Å². The molecular formula is C18H16F2N6O2.